The SMILES string of the molecule is COC(=O)c1[nH]c2c(-c3ccccc3)c(Cl)ccc2c(=O)c1CN. The molecule has 0 aliphatic carbocycles. The molecule has 0 amide bonds. The maximum absolute atomic E-state index is 12.7. The van der Waals surface area contributed by atoms with Crippen molar-refractivity contribution in [1.82, 2.24) is 4.98 Å². The van der Waals surface area contributed by atoms with Gasteiger partial charge in [-0.3, -0.25) is 4.79 Å². The highest BCUT2D eigenvalue weighted by Crippen LogP contribution is 2.33. The van der Waals surface area contributed by atoms with E-state index in [1.165, 1.54) is 7.11 Å². The Morgan fingerprint density at radius 1 is 1.21 bits per heavy atom. The monoisotopic (exact) mass is 342 g/mol. The second-order valence-electron chi connectivity index (χ2n) is 5.21. The Hall–Kier alpha value is -2.63. The van der Waals surface area contributed by atoms with E-state index in [4.69, 9.17) is 22.1 Å². The number of halogens is 1. The predicted octanol–water partition coefficient (Wildman–Crippen LogP) is 3.09. The van der Waals surface area contributed by atoms with Gasteiger partial charge in [0.2, 0.25) is 0 Å². The average Bonchev–Trinajstić information content (AvgIpc) is 2.61. The predicted molar refractivity (Wildman–Crippen MR) is 94.2 cm³/mol. The molecular weight excluding hydrogens is 328 g/mol. The molecule has 5 nitrogen and oxygen atoms in total. The van der Waals surface area contributed by atoms with Gasteiger partial charge in [0, 0.05) is 23.1 Å². The van der Waals surface area contributed by atoms with Crippen LogP contribution in [0.3, 0.4) is 0 Å². The highest BCUT2D eigenvalue weighted by atomic mass is 35.5. The van der Waals surface area contributed by atoms with Gasteiger partial charge >= 0.3 is 5.97 Å². The normalized spacial score (nSPS) is 10.8. The molecule has 0 bridgehead atoms. The molecule has 0 radical (unpaired) electrons. The molecule has 6 heteroatoms. The lowest BCUT2D eigenvalue weighted by atomic mass is 9.99. The minimum atomic E-state index is -0.645. The number of hydrogen-bond acceptors (Lipinski definition) is 4. The van der Waals surface area contributed by atoms with Crippen LogP contribution in [0.25, 0.3) is 22.0 Å². The molecule has 0 saturated heterocycles. The van der Waals surface area contributed by atoms with Crippen molar-refractivity contribution >= 4 is 28.5 Å². The van der Waals surface area contributed by atoms with Crippen LogP contribution in [0.1, 0.15) is 16.1 Å². The zero-order chi connectivity index (χ0) is 17.3. The number of benzene rings is 2. The molecule has 0 aliphatic rings. The number of aromatic nitrogens is 1. The number of carbonyl (C=O) groups excluding carboxylic acids is 1. The standard InChI is InChI=1S/C18H15ClN2O3/c1-24-18(23)16-12(9-20)17(22)11-7-8-13(19)14(15(11)21-16)10-5-3-2-4-6-10/h2-8H,9,20H2,1H3,(H,21,22). The van der Waals surface area contributed by atoms with E-state index in [1.807, 2.05) is 30.3 Å². The summed E-state index contributed by atoms with van der Waals surface area (Å²) in [5.74, 6) is -0.645. The van der Waals surface area contributed by atoms with E-state index in [9.17, 15) is 9.59 Å². The summed E-state index contributed by atoms with van der Waals surface area (Å²) in [5.41, 5.74) is 7.57. The van der Waals surface area contributed by atoms with Gasteiger partial charge in [-0.15, -0.1) is 0 Å². The van der Waals surface area contributed by atoms with Crippen LogP contribution in [0.5, 0.6) is 0 Å². The van der Waals surface area contributed by atoms with E-state index >= 15 is 0 Å². The van der Waals surface area contributed by atoms with Crippen molar-refractivity contribution in [2.45, 2.75) is 6.54 Å². The summed E-state index contributed by atoms with van der Waals surface area (Å²) in [6.45, 7) is -0.0704. The molecular formula is C18H15ClN2O3. The van der Waals surface area contributed by atoms with E-state index in [0.29, 0.717) is 21.5 Å². The third-order valence-electron chi connectivity index (χ3n) is 3.88. The molecule has 3 rings (SSSR count). The van der Waals surface area contributed by atoms with Gasteiger partial charge in [-0.25, -0.2) is 4.79 Å². The Morgan fingerprint density at radius 2 is 1.92 bits per heavy atom. The summed E-state index contributed by atoms with van der Waals surface area (Å²) in [5, 5.41) is 0.895. The fourth-order valence-corrected chi connectivity index (χ4v) is 3.00. The van der Waals surface area contributed by atoms with Gasteiger partial charge in [0.25, 0.3) is 0 Å². The third-order valence-corrected chi connectivity index (χ3v) is 4.20. The lowest BCUT2D eigenvalue weighted by Gasteiger charge is -2.13. The van der Waals surface area contributed by atoms with Gasteiger partial charge in [0.15, 0.2) is 5.43 Å². The number of nitrogens with two attached hydrogens (primary N) is 1. The molecule has 1 heterocycles. The third kappa shape index (κ3) is 2.58. The molecule has 1 aromatic heterocycles. The second kappa shape index (κ2) is 6.47. The first kappa shape index (κ1) is 16.2. The van der Waals surface area contributed by atoms with Crippen molar-refractivity contribution in [3.05, 3.63) is 69.0 Å². The number of hydrogen-bond donors (Lipinski definition) is 2. The maximum atomic E-state index is 12.7. The molecule has 0 saturated carbocycles. The van der Waals surface area contributed by atoms with Gasteiger partial charge in [0.1, 0.15) is 5.69 Å². The van der Waals surface area contributed by atoms with Crippen LogP contribution in [0.15, 0.2) is 47.3 Å². The quantitative estimate of drug-likeness (QED) is 0.716. The highest BCUT2D eigenvalue weighted by Gasteiger charge is 2.20. The molecule has 0 fully saturated rings. The smallest absolute Gasteiger partial charge is 0.354 e. The Labute approximate surface area is 143 Å². The van der Waals surface area contributed by atoms with Gasteiger partial charge < -0.3 is 15.5 Å². The van der Waals surface area contributed by atoms with Crippen molar-refractivity contribution in [2.24, 2.45) is 5.73 Å². The number of pyridine rings is 1. The summed E-state index contributed by atoms with van der Waals surface area (Å²) < 4.78 is 4.76. The number of fused-ring (bicyclic) bond motifs is 1. The van der Waals surface area contributed by atoms with Gasteiger partial charge in [-0.1, -0.05) is 41.9 Å². The first-order valence-electron chi connectivity index (χ1n) is 7.29. The van der Waals surface area contributed by atoms with Crippen LogP contribution in [0, 0.1) is 0 Å². The number of esters is 1. The Kier molecular flexibility index (Phi) is 4.38. The fourth-order valence-electron chi connectivity index (χ4n) is 2.73. The van der Waals surface area contributed by atoms with Crippen LogP contribution in [0.4, 0.5) is 0 Å². The maximum Gasteiger partial charge on any atom is 0.354 e. The van der Waals surface area contributed by atoms with E-state index in [-0.39, 0.29) is 23.2 Å². The summed E-state index contributed by atoms with van der Waals surface area (Å²) in [6.07, 6.45) is 0. The largest absolute Gasteiger partial charge is 0.464 e. The van der Waals surface area contributed by atoms with Gasteiger partial charge in [0.05, 0.1) is 17.6 Å². The molecule has 0 spiro atoms. The molecule has 0 unspecified atom stereocenters. The van der Waals surface area contributed by atoms with Crippen molar-refractivity contribution in [3.63, 3.8) is 0 Å². The summed E-state index contributed by atoms with van der Waals surface area (Å²) in [4.78, 5) is 27.8. The summed E-state index contributed by atoms with van der Waals surface area (Å²) in [6, 6.07) is 12.7. The van der Waals surface area contributed by atoms with Crippen LogP contribution in [0.2, 0.25) is 5.02 Å². The molecule has 2 aromatic carbocycles. The molecule has 3 N–H and O–H groups in total. The lowest BCUT2D eigenvalue weighted by Crippen LogP contribution is -2.22. The Morgan fingerprint density at radius 3 is 2.54 bits per heavy atom. The zero-order valence-electron chi connectivity index (χ0n) is 12.9. The van der Waals surface area contributed by atoms with E-state index in [0.717, 1.165) is 5.56 Å². The minimum absolute atomic E-state index is 0.0527. The van der Waals surface area contributed by atoms with Crippen LogP contribution < -0.4 is 11.2 Å². The summed E-state index contributed by atoms with van der Waals surface area (Å²) in [7, 11) is 1.25. The van der Waals surface area contributed by atoms with Crippen molar-refractivity contribution < 1.29 is 9.53 Å². The topological polar surface area (TPSA) is 85.2 Å². The lowest BCUT2D eigenvalue weighted by molar-refractivity contribution is 0.0593. The molecule has 24 heavy (non-hydrogen) atoms. The molecule has 122 valence electrons. The van der Waals surface area contributed by atoms with Crippen LogP contribution in [-0.2, 0) is 11.3 Å². The van der Waals surface area contributed by atoms with Crippen molar-refractivity contribution in [3.8, 4) is 11.1 Å². The first-order valence-corrected chi connectivity index (χ1v) is 7.67. The van der Waals surface area contributed by atoms with Crippen molar-refractivity contribution in [1.29, 1.82) is 0 Å². The number of ether oxygens (including phenoxy) is 1. The van der Waals surface area contributed by atoms with Gasteiger partial charge in [-0.05, 0) is 17.7 Å². The molecule has 0 aliphatic heterocycles. The number of nitrogens with one attached hydrogen (secondary N) is 1. The van der Waals surface area contributed by atoms with Crippen molar-refractivity contribution in [2.75, 3.05) is 7.11 Å². The Bertz CT molecular complexity index is 981. The van der Waals surface area contributed by atoms with E-state index in [2.05, 4.69) is 4.98 Å². The first-order chi connectivity index (χ1) is 11.6. The Balaban J connectivity index is 2.46. The van der Waals surface area contributed by atoms with E-state index in [1.54, 1.807) is 12.1 Å². The highest BCUT2D eigenvalue weighted by molar-refractivity contribution is 6.35. The summed E-state index contributed by atoms with van der Waals surface area (Å²) >= 11 is 6.37. The fraction of sp³-hybridized carbons (Fsp3) is 0.111. The number of carbonyl (C=O) groups is 1. The average molecular weight is 343 g/mol. The minimum Gasteiger partial charge on any atom is -0.464 e. The number of rotatable bonds is 3. The number of aromatic amines is 1. The molecule has 3 aromatic rings. The number of H-pyrrole nitrogens is 1. The molecule has 0 atom stereocenters. The van der Waals surface area contributed by atoms with Crippen LogP contribution in [-0.4, -0.2) is 18.1 Å². The van der Waals surface area contributed by atoms with E-state index < -0.39 is 5.97 Å². The van der Waals surface area contributed by atoms with Crippen LogP contribution >= 0.6 is 11.6 Å². The second-order valence-corrected chi connectivity index (χ2v) is 5.62. The van der Waals surface area contributed by atoms with Gasteiger partial charge in [-0.2, -0.15) is 0 Å². The number of methoxy groups -OCH3 is 1. The zero-order valence-corrected chi connectivity index (χ0v) is 13.7.